The summed E-state index contributed by atoms with van der Waals surface area (Å²) in [7, 11) is 2.89. The molecule has 0 atom stereocenters. The normalized spacial score (nSPS) is 10.8. The molecule has 0 unspecified atom stereocenters. The summed E-state index contributed by atoms with van der Waals surface area (Å²) in [5.41, 5.74) is 1.27. The van der Waals surface area contributed by atoms with Crippen molar-refractivity contribution in [2.75, 3.05) is 26.1 Å². The van der Waals surface area contributed by atoms with Crippen molar-refractivity contribution >= 4 is 28.4 Å². The fourth-order valence-electron chi connectivity index (χ4n) is 1.72. The van der Waals surface area contributed by atoms with E-state index in [-0.39, 0.29) is 6.54 Å². The zero-order valence-corrected chi connectivity index (χ0v) is 11.7. The lowest BCUT2D eigenvalue weighted by Crippen LogP contribution is -2.40. The van der Waals surface area contributed by atoms with Gasteiger partial charge in [-0.3, -0.25) is 14.7 Å². The van der Waals surface area contributed by atoms with E-state index in [1.807, 2.05) is 0 Å². The Hall–Kier alpha value is -2.45. The summed E-state index contributed by atoms with van der Waals surface area (Å²) in [6, 6.07) is 5.18. The molecular weight excluding hydrogens is 276 g/mol. The summed E-state index contributed by atoms with van der Waals surface area (Å²) in [5, 5.41) is 12.5. The number of ether oxygens (including phenoxy) is 2. The number of carbonyl (C=O) groups excluding carboxylic acids is 2. The van der Waals surface area contributed by atoms with E-state index >= 15 is 0 Å². The number of H-pyrrole nitrogens is 1. The summed E-state index contributed by atoms with van der Waals surface area (Å²) in [6.07, 6.45) is 1.08. The van der Waals surface area contributed by atoms with Gasteiger partial charge >= 0.3 is 11.8 Å². The van der Waals surface area contributed by atoms with Gasteiger partial charge in [-0.1, -0.05) is 0 Å². The van der Waals surface area contributed by atoms with Crippen LogP contribution >= 0.6 is 0 Å². The summed E-state index contributed by atoms with van der Waals surface area (Å²) in [5.74, 6) is -1.53. The number of anilines is 1. The van der Waals surface area contributed by atoms with Crippen LogP contribution in [0.4, 0.5) is 5.69 Å². The topological polar surface area (TPSA) is 105 Å². The van der Waals surface area contributed by atoms with Crippen LogP contribution in [0.2, 0.25) is 0 Å². The molecule has 2 aromatic rings. The number of nitrogens with zero attached hydrogens (tertiary/aromatic N) is 1. The molecule has 1 aromatic heterocycles. The van der Waals surface area contributed by atoms with Gasteiger partial charge in [-0.05, 0) is 18.2 Å². The minimum atomic E-state index is -0.765. The van der Waals surface area contributed by atoms with E-state index in [0.717, 1.165) is 10.9 Å². The molecule has 0 radical (unpaired) electrons. The van der Waals surface area contributed by atoms with Gasteiger partial charge in [-0.25, -0.2) is 0 Å². The monoisotopic (exact) mass is 292 g/mol. The van der Waals surface area contributed by atoms with Crippen LogP contribution in [-0.2, 0) is 19.1 Å². The molecule has 112 valence electrons. The maximum Gasteiger partial charge on any atom is 0.313 e. The van der Waals surface area contributed by atoms with Crippen molar-refractivity contribution < 1.29 is 19.1 Å². The van der Waals surface area contributed by atoms with E-state index in [4.69, 9.17) is 9.47 Å². The Morgan fingerprint density at radius 2 is 2.05 bits per heavy atom. The van der Waals surface area contributed by atoms with E-state index in [9.17, 15) is 9.59 Å². The maximum atomic E-state index is 11.7. The standard InChI is InChI=1S/C13H16N4O4/c1-20-11(21-2)7-14-12(18)13(19)16-9-4-3-8-6-15-17-10(8)5-9/h3-6,11H,7H2,1-2H3,(H,14,18)(H,15,17)(H,16,19). The summed E-state index contributed by atoms with van der Waals surface area (Å²) in [4.78, 5) is 23.4. The van der Waals surface area contributed by atoms with Crippen LogP contribution in [0.1, 0.15) is 0 Å². The van der Waals surface area contributed by atoms with Gasteiger partial charge in [-0.15, -0.1) is 0 Å². The van der Waals surface area contributed by atoms with Gasteiger partial charge in [0.15, 0.2) is 6.29 Å². The minimum absolute atomic E-state index is 0.0822. The third-order valence-corrected chi connectivity index (χ3v) is 2.86. The number of amides is 2. The number of carbonyl (C=O) groups is 2. The van der Waals surface area contributed by atoms with Gasteiger partial charge in [0, 0.05) is 25.3 Å². The largest absolute Gasteiger partial charge is 0.354 e. The number of hydrogen-bond donors (Lipinski definition) is 3. The molecule has 0 fully saturated rings. The second kappa shape index (κ2) is 6.82. The fourth-order valence-corrected chi connectivity index (χ4v) is 1.72. The average molecular weight is 292 g/mol. The third kappa shape index (κ3) is 3.77. The first-order valence-corrected chi connectivity index (χ1v) is 6.22. The van der Waals surface area contributed by atoms with Crippen LogP contribution in [0.15, 0.2) is 24.4 Å². The first kappa shape index (κ1) is 14.9. The van der Waals surface area contributed by atoms with Gasteiger partial charge in [0.25, 0.3) is 0 Å². The molecule has 0 spiro atoms. The third-order valence-electron chi connectivity index (χ3n) is 2.86. The lowest BCUT2D eigenvalue weighted by molar-refractivity contribution is -0.139. The molecule has 2 rings (SSSR count). The van der Waals surface area contributed by atoms with Gasteiger partial charge < -0.3 is 20.1 Å². The number of fused-ring (bicyclic) bond motifs is 1. The Bertz CT molecular complexity index is 636. The number of rotatable bonds is 5. The number of aromatic nitrogens is 2. The van der Waals surface area contributed by atoms with Crippen molar-refractivity contribution in [3.63, 3.8) is 0 Å². The second-order valence-electron chi connectivity index (χ2n) is 4.24. The second-order valence-corrected chi connectivity index (χ2v) is 4.24. The molecule has 21 heavy (non-hydrogen) atoms. The van der Waals surface area contributed by atoms with Gasteiger partial charge in [0.05, 0.1) is 18.3 Å². The van der Waals surface area contributed by atoms with Crippen LogP contribution in [0.3, 0.4) is 0 Å². The molecule has 0 aliphatic heterocycles. The highest BCUT2D eigenvalue weighted by molar-refractivity contribution is 6.39. The van der Waals surface area contributed by atoms with Crippen molar-refractivity contribution in [3.8, 4) is 0 Å². The molecule has 3 N–H and O–H groups in total. The van der Waals surface area contributed by atoms with E-state index < -0.39 is 18.1 Å². The van der Waals surface area contributed by atoms with Gasteiger partial charge in [0.2, 0.25) is 0 Å². The van der Waals surface area contributed by atoms with Crippen molar-refractivity contribution in [3.05, 3.63) is 24.4 Å². The van der Waals surface area contributed by atoms with Crippen LogP contribution in [0.5, 0.6) is 0 Å². The summed E-state index contributed by atoms with van der Waals surface area (Å²) >= 11 is 0. The molecule has 0 saturated carbocycles. The Morgan fingerprint density at radius 3 is 2.76 bits per heavy atom. The number of hydrogen-bond acceptors (Lipinski definition) is 5. The molecule has 1 aromatic carbocycles. The van der Waals surface area contributed by atoms with E-state index in [1.54, 1.807) is 24.4 Å². The number of aromatic amines is 1. The van der Waals surface area contributed by atoms with Crippen molar-refractivity contribution in [2.45, 2.75) is 6.29 Å². The van der Waals surface area contributed by atoms with E-state index in [0.29, 0.717) is 5.69 Å². The van der Waals surface area contributed by atoms with E-state index in [2.05, 4.69) is 20.8 Å². The number of nitrogens with one attached hydrogen (secondary N) is 3. The zero-order valence-electron chi connectivity index (χ0n) is 11.7. The quantitative estimate of drug-likeness (QED) is 0.540. The van der Waals surface area contributed by atoms with Crippen LogP contribution in [0, 0.1) is 0 Å². The first-order chi connectivity index (χ1) is 10.1. The lowest BCUT2D eigenvalue weighted by atomic mass is 10.2. The molecule has 0 saturated heterocycles. The molecule has 2 amide bonds. The first-order valence-electron chi connectivity index (χ1n) is 6.22. The SMILES string of the molecule is COC(CNC(=O)C(=O)Nc1ccc2cn[nH]c2c1)OC. The molecular formula is C13H16N4O4. The lowest BCUT2D eigenvalue weighted by Gasteiger charge is -2.13. The highest BCUT2D eigenvalue weighted by Crippen LogP contribution is 2.16. The Balaban J connectivity index is 1.92. The zero-order chi connectivity index (χ0) is 15.2. The predicted octanol–water partition coefficient (Wildman–Crippen LogP) is 0.236. The van der Waals surface area contributed by atoms with E-state index in [1.165, 1.54) is 14.2 Å². The van der Waals surface area contributed by atoms with Gasteiger partial charge in [-0.2, -0.15) is 5.10 Å². The molecule has 8 nitrogen and oxygen atoms in total. The highest BCUT2D eigenvalue weighted by Gasteiger charge is 2.15. The summed E-state index contributed by atoms with van der Waals surface area (Å²) < 4.78 is 9.81. The number of methoxy groups -OCH3 is 2. The molecule has 0 aliphatic carbocycles. The Morgan fingerprint density at radius 1 is 1.29 bits per heavy atom. The van der Waals surface area contributed by atoms with Crippen LogP contribution in [-0.4, -0.2) is 49.1 Å². The summed E-state index contributed by atoms with van der Waals surface area (Å²) in [6.45, 7) is 0.0822. The Kier molecular flexibility index (Phi) is 4.85. The smallest absolute Gasteiger partial charge is 0.313 e. The number of benzene rings is 1. The van der Waals surface area contributed by atoms with Crippen LogP contribution < -0.4 is 10.6 Å². The fraction of sp³-hybridized carbons (Fsp3) is 0.308. The molecule has 8 heteroatoms. The van der Waals surface area contributed by atoms with Crippen molar-refractivity contribution in [1.82, 2.24) is 15.5 Å². The van der Waals surface area contributed by atoms with Crippen molar-refractivity contribution in [2.24, 2.45) is 0 Å². The molecule has 1 heterocycles. The van der Waals surface area contributed by atoms with Crippen LogP contribution in [0.25, 0.3) is 10.9 Å². The minimum Gasteiger partial charge on any atom is -0.354 e. The maximum absolute atomic E-state index is 11.7. The van der Waals surface area contributed by atoms with Crippen molar-refractivity contribution in [1.29, 1.82) is 0 Å². The van der Waals surface area contributed by atoms with Gasteiger partial charge in [0.1, 0.15) is 0 Å². The highest BCUT2D eigenvalue weighted by atomic mass is 16.7. The molecule has 0 aliphatic rings. The molecule has 0 bridgehead atoms. The Labute approximate surface area is 120 Å². The average Bonchev–Trinajstić information content (AvgIpc) is 2.95. The predicted molar refractivity (Wildman–Crippen MR) is 75.5 cm³/mol.